The van der Waals surface area contributed by atoms with Gasteiger partial charge in [0.25, 0.3) is 5.91 Å². The van der Waals surface area contributed by atoms with Crippen LogP contribution in [0.25, 0.3) is 0 Å². The minimum atomic E-state index is -0.857. The molecule has 0 aliphatic carbocycles. The molecule has 1 aromatic carbocycles. The third-order valence-corrected chi connectivity index (χ3v) is 4.96. The van der Waals surface area contributed by atoms with Crippen LogP contribution in [0, 0.1) is 12.8 Å². The van der Waals surface area contributed by atoms with Crippen molar-refractivity contribution >= 4 is 11.6 Å². The maximum Gasteiger partial charge on any atom is 0.251 e. The van der Waals surface area contributed by atoms with Crippen molar-refractivity contribution in [2.75, 3.05) is 25.1 Å². The van der Waals surface area contributed by atoms with Crippen LogP contribution in [0.1, 0.15) is 49.5 Å². The van der Waals surface area contributed by atoms with Crippen LogP contribution in [0.2, 0.25) is 0 Å². The van der Waals surface area contributed by atoms with Crippen LogP contribution in [0.5, 0.6) is 0 Å². The predicted molar refractivity (Wildman–Crippen MR) is 96.4 cm³/mol. The summed E-state index contributed by atoms with van der Waals surface area (Å²) in [5.41, 5.74) is 1.70. The molecule has 1 amide bonds. The Labute approximate surface area is 144 Å². The lowest BCUT2D eigenvalue weighted by atomic mass is 9.94. The van der Waals surface area contributed by atoms with E-state index in [9.17, 15) is 9.90 Å². The summed E-state index contributed by atoms with van der Waals surface area (Å²) >= 11 is 0. The fraction of sp³-hybridized carbons (Fsp3) is 0.632. The van der Waals surface area contributed by atoms with Gasteiger partial charge in [0.05, 0.1) is 5.60 Å². The largest absolute Gasteiger partial charge is 0.388 e. The van der Waals surface area contributed by atoms with Gasteiger partial charge in [-0.15, -0.1) is 0 Å². The van der Waals surface area contributed by atoms with Gasteiger partial charge >= 0.3 is 0 Å². The van der Waals surface area contributed by atoms with Crippen molar-refractivity contribution in [1.82, 2.24) is 5.32 Å². The lowest BCUT2D eigenvalue weighted by molar-refractivity contribution is -0.0605. The number of carbonyl (C=O) groups is 1. The van der Waals surface area contributed by atoms with Gasteiger partial charge in [-0.05, 0) is 37.5 Å². The van der Waals surface area contributed by atoms with E-state index in [1.807, 2.05) is 25.1 Å². The summed E-state index contributed by atoms with van der Waals surface area (Å²) in [5.74, 6) is 0.359. The molecule has 0 bridgehead atoms. The highest BCUT2D eigenvalue weighted by atomic mass is 16.5. The summed E-state index contributed by atoms with van der Waals surface area (Å²) in [6, 6.07) is 6.03. The van der Waals surface area contributed by atoms with Gasteiger partial charge in [-0.2, -0.15) is 0 Å². The molecule has 5 heteroatoms. The van der Waals surface area contributed by atoms with Crippen molar-refractivity contribution in [2.24, 2.45) is 5.92 Å². The number of amides is 1. The van der Waals surface area contributed by atoms with Crippen LogP contribution in [0.15, 0.2) is 18.2 Å². The number of hydrogen-bond donors (Lipinski definition) is 3. The molecule has 5 nitrogen and oxygen atoms in total. The monoisotopic (exact) mass is 334 g/mol. The number of carbonyl (C=O) groups excluding carboxylic acids is 1. The van der Waals surface area contributed by atoms with E-state index in [0.29, 0.717) is 43.6 Å². The van der Waals surface area contributed by atoms with E-state index in [1.165, 1.54) is 0 Å². The van der Waals surface area contributed by atoms with E-state index in [1.54, 1.807) is 0 Å². The van der Waals surface area contributed by atoms with Crippen molar-refractivity contribution in [3.05, 3.63) is 29.3 Å². The Morgan fingerprint density at radius 2 is 1.96 bits per heavy atom. The average molecular weight is 334 g/mol. The highest BCUT2D eigenvalue weighted by Gasteiger charge is 2.30. The van der Waals surface area contributed by atoms with E-state index >= 15 is 0 Å². The first kappa shape index (κ1) is 18.7. The zero-order valence-corrected chi connectivity index (χ0v) is 15.2. The molecule has 1 atom stereocenters. The minimum absolute atomic E-state index is 0.145. The number of nitrogens with one attached hydrogen (secondary N) is 2. The first-order valence-electron chi connectivity index (χ1n) is 8.77. The lowest BCUT2D eigenvalue weighted by Gasteiger charge is -2.32. The summed E-state index contributed by atoms with van der Waals surface area (Å²) in [6.45, 7) is 9.76. The summed E-state index contributed by atoms with van der Waals surface area (Å²) in [7, 11) is 0. The van der Waals surface area contributed by atoms with Crippen molar-refractivity contribution in [2.45, 2.75) is 52.2 Å². The van der Waals surface area contributed by atoms with Gasteiger partial charge < -0.3 is 20.5 Å². The smallest absolute Gasteiger partial charge is 0.251 e. The number of anilines is 1. The van der Waals surface area contributed by atoms with Gasteiger partial charge in [0.15, 0.2) is 0 Å². The fourth-order valence-corrected chi connectivity index (χ4v) is 2.72. The van der Waals surface area contributed by atoms with Crippen molar-refractivity contribution < 1.29 is 14.6 Å². The molecule has 2 rings (SSSR count). The number of aliphatic hydroxyl groups is 1. The van der Waals surface area contributed by atoms with Crippen molar-refractivity contribution in [1.29, 1.82) is 0 Å². The van der Waals surface area contributed by atoms with Crippen LogP contribution in [0.4, 0.5) is 5.69 Å². The zero-order chi connectivity index (χ0) is 17.7. The summed E-state index contributed by atoms with van der Waals surface area (Å²) < 4.78 is 5.27. The van der Waals surface area contributed by atoms with Crippen LogP contribution in [0.3, 0.4) is 0 Å². The molecule has 0 radical (unpaired) electrons. The van der Waals surface area contributed by atoms with Crippen molar-refractivity contribution in [3.8, 4) is 0 Å². The molecule has 1 aliphatic rings. The highest BCUT2D eigenvalue weighted by Crippen LogP contribution is 2.22. The van der Waals surface area contributed by atoms with E-state index in [0.717, 1.165) is 11.3 Å². The first-order chi connectivity index (χ1) is 11.3. The maximum atomic E-state index is 12.5. The summed E-state index contributed by atoms with van der Waals surface area (Å²) in [6.07, 6.45) is 1.11. The molecule has 1 aromatic rings. The van der Waals surface area contributed by atoms with Gasteiger partial charge in [-0.3, -0.25) is 4.79 Å². The van der Waals surface area contributed by atoms with E-state index in [4.69, 9.17) is 4.74 Å². The Bertz CT molecular complexity index is 566. The third kappa shape index (κ3) is 4.71. The molecule has 1 fully saturated rings. The number of ether oxygens (including phenoxy) is 1. The minimum Gasteiger partial charge on any atom is -0.388 e. The molecular formula is C19H30N2O3. The highest BCUT2D eigenvalue weighted by molar-refractivity contribution is 5.97. The van der Waals surface area contributed by atoms with Gasteiger partial charge in [0.1, 0.15) is 0 Å². The van der Waals surface area contributed by atoms with Crippen LogP contribution >= 0.6 is 0 Å². The standard InChI is InChI=1S/C19H30N2O3/c1-13(2)15(4)21-17-7-5-6-16(14(17)3)18(22)20-12-19(23)8-10-24-11-9-19/h5-7,13,15,21,23H,8-12H2,1-4H3,(H,20,22)/t15-/m1/s1. The first-order valence-corrected chi connectivity index (χ1v) is 8.77. The zero-order valence-electron chi connectivity index (χ0n) is 15.2. The second-order valence-corrected chi connectivity index (χ2v) is 7.17. The molecule has 3 N–H and O–H groups in total. The van der Waals surface area contributed by atoms with Gasteiger partial charge in [-0.1, -0.05) is 19.9 Å². The van der Waals surface area contributed by atoms with Crippen molar-refractivity contribution in [3.63, 3.8) is 0 Å². The Morgan fingerprint density at radius 1 is 1.29 bits per heavy atom. The molecule has 0 saturated carbocycles. The summed E-state index contributed by atoms with van der Waals surface area (Å²) in [4.78, 5) is 12.5. The molecule has 134 valence electrons. The maximum absolute atomic E-state index is 12.5. The molecule has 0 unspecified atom stereocenters. The van der Waals surface area contributed by atoms with Crippen LogP contribution < -0.4 is 10.6 Å². The third-order valence-electron chi connectivity index (χ3n) is 4.96. The normalized spacial score (nSPS) is 18.2. The van der Waals surface area contributed by atoms with Crippen LogP contribution in [-0.4, -0.2) is 42.4 Å². The molecule has 0 spiro atoms. The van der Waals surface area contributed by atoms with E-state index < -0.39 is 5.60 Å². The molecule has 1 heterocycles. The Balaban J connectivity index is 2.04. The molecule has 1 saturated heterocycles. The number of hydrogen-bond acceptors (Lipinski definition) is 4. The van der Waals surface area contributed by atoms with E-state index in [2.05, 4.69) is 31.4 Å². The van der Waals surface area contributed by atoms with Crippen LogP contribution in [-0.2, 0) is 4.74 Å². The van der Waals surface area contributed by atoms with E-state index in [-0.39, 0.29) is 12.5 Å². The average Bonchev–Trinajstić information content (AvgIpc) is 2.55. The quantitative estimate of drug-likeness (QED) is 0.748. The Hall–Kier alpha value is -1.59. The summed E-state index contributed by atoms with van der Waals surface area (Å²) in [5, 5.41) is 16.8. The second kappa shape index (κ2) is 7.99. The van der Waals surface area contributed by atoms with Gasteiger partial charge in [0, 0.05) is 49.9 Å². The fourth-order valence-electron chi connectivity index (χ4n) is 2.72. The topological polar surface area (TPSA) is 70.6 Å². The van der Waals surface area contributed by atoms with Gasteiger partial charge in [0.2, 0.25) is 0 Å². The number of rotatable bonds is 6. The lowest BCUT2D eigenvalue weighted by Crippen LogP contribution is -2.46. The van der Waals surface area contributed by atoms with Gasteiger partial charge in [-0.25, -0.2) is 0 Å². The SMILES string of the molecule is Cc1c(N[C@H](C)C(C)C)cccc1C(=O)NCC1(O)CCOCC1. The Kier molecular flexibility index (Phi) is 6.24. The molecule has 1 aliphatic heterocycles. The second-order valence-electron chi connectivity index (χ2n) is 7.17. The molecule has 0 aromatic heterocycles. The Morgan fingerprint density at radius 3 is 2.58 bits per heavy atom. The predicted octanol–water partition coefficient (Wildman–Crippen LogP) is 2.72. The molecular weight excluding hydrogens is 304 g/mol. The number of benzene rings is 1. The molecule has 24 heavy (non-hydrogen) atoms.